The highest BCUT2D eigenvalue weighted by atomic mass is 16.5. The van der Waals surface area contributed by atoms with Crippen LogP contribution in [0.5, 0.6) is 23.0 Å². The first kappa shape index (κ1) is 22.9. The van der Waals surface area contributed by atoms with Gasteiger partial charge in [-0.05, 0) is 50.1 Å². The SMILES string of the molecule is COC(=O)c1c(/C=C/c2c(OC)cccc2OC)cc(OC)c(CC=C(C)C)c1O. The molecule has 1 N–H and O–H groups in total. The third-order valence-electron chi connectivity index (χ3n) is 4.61. The van der Waals surface area contributed by atoms with Crippen LogP contribution in [0.15, 0.2) is 35.9 Å². The molecular weight excluding hydrogens is 384 g/mol. The molecule has 30 heavy (non-hydrogen) atoms. The van der Waals surface area contributed by atoms with Crippen LogP contribution < -0.4 is 14.2 Å². The molecular formula is C24H28O6. The third kappa shape index (κ3) is 4.95. The van der Waals surface area contributed by atoms with Gasteiger partial charge in [-0.25, -0.2) is 4.79 Å². The van der Waals surface area contributed by atoms with E-state index in [0.717, 1.165) is 5.57 Å². The average Bonchev–Trinajstić information content (AvgIpc) is 2.75. The molecule has 2 rings (SSSR count). The standard InChI is InChI=1S/C24H28O6/c1-15(2)10-12-18-21(29-5)14-16(22(23(18)25)24(26)30-6)11-13-17-19(27-3)8-7-9-20(17)28-4/h7-11,13-14,25H,12H2,1-6H3/b13-11+. The highest BCUT2D eigenvalue weighted by molar-refractivity contribution is 5.99. The normalized spacial score (nSPS) is 10.6. The number of esters is 1. The Labute approximate surface area is 177 Å². The minimum atomic E-state index is -0.639. The third-order valence-corrected chi connectivity index (χ3v) is 4.61. The van der Waals surface area contributed by atoms with E-state index in [1.807, 2.05) is 38.1 Å². The Balaban J connectivity index is 2.68. The lowest BCUT2D eigenvalue weighted by Crippen LogP contribution is -2.07. The molecule has 0 fully saturated rings. The summed E-state index contributed by atoms with van der Waals surface area (Å²) in [7, 11) is 5.94. The number of rotatable bonds is 8. The van der Waals surface area contributed by atoms with E-state index in [0.29, 0.717) is 40.4 Å². The summed E-state index contributed by atoms with van der Waals surface area (Å²) in [6.45, 7) is 3.92. The van der Waals surface area contributed by atoms with E-state index in [9.17, 15) is 9.90 Å². The maximum absolute atomic E-state index is 12.5. The smallest absolute Gasteiger partial charge is 0.342 e. The molecule has 160 valence electrons. The molecule has 0 aliphatic carbocycles. The van der Waals surface area contributed by atoms with Gasteiger partial charge in [-0.15, -0.1) is 0 Å². The fourth-order valence-electron chi connectivity index (χ4n) is 3.06. The molecule has 0 aliphatic rings. The molecule has 0 bridgehead atoms. The minimum absolute atomic E-state index is 0.0700. The molecule has 0 amide bonds. The number of hydrogen-bond acceptors (Lipinski definition) is 6. The first-order chi connectivity index (χ1) is 14.4. The van der Waals surface area contributed by atoms with Crippen molar-refractivity contribution >= 4 is 18.1 Å². The summed E-state index contributed by atoms with van der Waals surface area (Å²) in [4.78, 5) is 12.5. The molecule has 0 unspecified atom stereocenters. The van der Waals surface area contributed by atoms with Gasteiger partial charge < -0.3 is 24.1 Å². The average molecular weight is 412 g/mol. The van der Waals surface area contributed by atoms with Gasteiger partial charge in [-0.1, -0.05) is 23.8 Å². The van der Waals surface area contributed by atoms with Crippen LogP contribution in [-0.4, -0.2) is 39.5 Å². The first-order valence-corrected chi connectivity index (χ1v) is 9.41. The van der Waals surface area contributed by atoms with Crippen molar-refractivity contribution in [1.29, 1.82) is 0 Å². The van der Waals surface area contributed by atoms with Crippen molar-refractivity contribution in [2.24, 2.45) is 0 Å². The Morgan fingerprint density at radius 3 is 2.07 bits per heavy atom. The van der Waals surface area contributed by atoms with E-state index >= 15 is 0 Å². The van der Waals surface area contributed by atoms with Crippen molar-refractivity contribution in [3.63, 3.8) is 0 Å². The molecule has 0 saturated carbocycles. The van der Waals surface area contributed by atoms with Crippen LogP contribution >= 0.6 is 0 Å². The quantitative estimate of drug-likeness (QED) is 0.378. The summed E-state index contributed by atoms with van der Waals surface area (Å²) in [5.41, 5.74) is 2.82. The number of methoxy groups -OCH3 is 4. The monoisotopic (exact) mass is 412 g/mol. The Kier molecular flexibility index (Phi) is 7.92. The van der Waals surface area contributed by atoms with Crippen LogP contribution in [0, 0.1) is 0 Å². The highest BCUT2D eigenvalue weighted by Gasteiger charge is 2.22. The maximum atomic E-state index is 12.5. The Morgan fingerprint density at radius 1 is 0.967 bits per heavy atom. The predicted octanol–water partition coefficient (Wildman–Crippen LogP) is 4.88. The van der Waals surface area contributed by atoms with E-state index in [1.165, 1.54) is 14.2 Å². The lowest BCUT2D eigenvalue weighted by Gasteiger charge is -2.15. The lowest BCUT2D eigenvalue weighted by atomic mass is 9.97. The zero-order chi connectivity index (χ0) is 22.3. The van der Waals surface area contributed by atoms with Gasteiger partial charge in [0.05, 0.1) is 34.0 Å². The number of hydrogen-bond donors (Lipinski definition) is 1. The molecule has 0 atom stereocenters. The van der Waals surface area contributed by atoms with E-state index in [-0.39, 0.29) is 11.3 Å². The zero-order valence-electron chi connectivity index (χ0n) is 18.2. The summed E-state index contributed by atoms with van der Waals surface area (Å²) in [5.74, 6) is 0.901. The summed E-state index contributed by atoms with van der Waals surface area (Å²) < 4.78 is 21.2. The summed E-state index contributed by atoms with van der Waals surface area (Å²) in [6, 6.07) is 7.15. The Bertz CT molecular complexity index is 946. The zero-order valence-corrected chi connectivity index (χ0v) is 18.2. The fourth-order valence-corrected chi connectivity index (χ4v) is 3.06. The molecule has 0 spiro atoms. The summed E-state index contributed by atoms with van der Waals surface area (Å²) in [6.07, 6.45) is 5.83. The van der Waals surface area contributed by atoms with E-state index in [4.69, 9.17) is 18.9 Å². The molecule has 0 heterocycles. The number of benzene rings is 2. The molecule has 6 heteroatoms. The molecule has 2 aromatic carbocycles. The topological polar surface area (TPSA) is 74.2 Å². The molecule has 0 radical (unpaired) electrons. The van der Waals surface area contributed by atoms with Crippen LogP contribution in [0.2, 0.25) is 0 Å². The summed E-state index contributed by atoms with van der Waals surface area (Å²) in [5, 5.41) is 10.9. The Hall–Kier alpha value is -3.41. The number of phenols is 1. The van der Waals surface area contributed by atoms with Gasteiger partial charge in [0.2, 0.25) is 0 Å². The van der Waals surface area contributed by atoms with Crippen molar-refractivity contribution in [2.75, 3.05) is 28.4 Å². The second-order valence-electron chi connectivity index (χ2n) is 6.76. The first-order valence-electron chi connectivity index (χ1n) is 9.41. The van der Waals surface area contributed by atoms with E-state index in [1.54, 1.807) is 32.4 Å². The van der Waals surface area contributed by atoms with Gasteiger partial charge in [-0.2, -0.15) is 0 Å². The molecule has 0 aliphatic heterocycles. The maximum Gasteiger partial charge on any atom is 0.342 e. The van der Waals surface area contributed by atoms with Crippen molar-refractivity contribution in [3.05, 3.63) is 58.2 Å². The number of allylic oxidation sites excluding steroid dienone is 2. The van der Waals surface area contributed by atoms with Crippen LogP contribution in [0.4, 0.5) is 0 Å². The minimum Gasteiger partial charge on any atom is -0.507 e. The van der Waals surface area contributed by atoms with Gasteiger partial charge in [0.25, 0.3) is 0 Å². The number of carbonyl (C=O) groups excluding carboxylic acids is 1. The molecule has 6 nitrogen and oxygen atoms in total. The van der Waals surface area contributed by atoms with Crippen molar-refractivity contribution in [1.82, 2.24) is 0 Å². The number of phenolic OH excluding ortho intramolecular Hbond substituents is 1. The van der Waals surface area contributed by atoms with Gasteiger partial charge in [0.1, 0.15) is 28.6 Å². The van der Waals surface area contributed by atoms with Crippen LogP contribution in [0.1, 0.15) is 40.9 Å². The number of carbonyl (C=O) groups is 1. The summed E-state index contributed by atoms with van der Waals surface area (Å²) >= 11 is 0. The Morgan fingerprint density at radius 2 is 1.57 bits per heavy atom. The molecule has 2 aromatic rings. The lowest BCUT2D eigenvalue weighted by molar-refractivity contribution is 0.0597. The van der Waals surface area contributed by atoms with Crippen molar-refractivity contribution in [3.8, 4) is 23.0 Å². The van der Waals surface area contributed by atoms with E-state index in [2.05, 4.69) is 0 Å². The van der Waals surface area contributed by atoms with Gasteiger partial charge in [0.15, 0.2) is 0 Å². The molecule has 0 saturated heterocycles. The fraction of sp³-hybridized carbons (Fsp3) is 0.292. The van der Waals surface area contributed by atoms with Gasteiger partial charge in [0, 0.05) is 5.56 Å². The molecule has 0 aromatic heterocycles. The van der Waals surface area contributed by atoms with Crippen LogP contribution in [0.3, 0.4) is 0 Å². The van der Waals surface area contributed by atoms with Gasteiger partial charge in [-0.3, -0.25) is 0 Å². The number of ether oxygens (including phenoxy) is 4. The predicted molar refractivity (Wildman–Crippen MR) is 118 cm³/mol. The van der Waals surface area contributed by atoms with Crippen molar-refractivity contribution < 1.29 is 28.8 Å². The van der Waals surface area contributed by atoms with Gasteiger partial charge >= 0.3 is 5.97 Å². The highest BCUT2D eigenvalue weighted by Crippen LogP contribution is 2.37. The second kappa shape index (κ2) is 10.4. The van der Waals surface area contributed by atoms with E-state index < -0.39 is 5.97 Å². The van der Waals surface area contributed by atoms with Crippen LogP contribution in [-0.2, 0) is 11.2 Å². The largest absolute Gasteiger partial charge is 0.507 e. The van der Waals surface area contributed by atoms with Crippen LogP contribution in [0.25, 0.3) is 12.2 Å². The number of aromatic hydroxyl groups is 1. The van der Waals surface area contributed by atoms with Crippen molar-refractivity contribution in [2.45, 2.75) is 20.3 Å². The second-order valence-corrected chi connectivity index (χ2v) is 6.76.